The van der Waals surface area contributed by atoms with Crippen LogP contribution < -0.4 is 0 Å². The van der Waals surface area contributed by atoms with Crippen LogP contribution in [-0.4, -0.2) is 20.9 Å². The van der Waals surface area contributed by atoms with Crippen LogP contribution in [0.15, 0.2) is 17.6 Å². The van der Waals surface area contributed by atoms with Crippen molar-refractivity contribution >= 4 is 17.3 Å². The number of nitrogens with zero attached hydrogens (tertiary/aromatic N) is 2. The number of carboxylic acids is 1. The van der Waals surface area contributed by atoms with E-state index in [9.17, 15) is 4.79 Å². The smallest absolute Gasteiger partial charge is 0.346 e. The highest BCUT2D eigenvalue weighted by molar-refractivity contribution is 7.12. The first kappa shape index (κ1) is 9.92. The molecular formula is C10H10N2O2S. The Morgan fingerprint density at radius 3 is 2.80 bits per heavy atom. The molecule has 0 spiro atoms. The Morgan fingerprint density at radius 2 is 2.27 bits per heavy atom. The molecule has 5 heteroatoms. The van der Waals surface area contributed by atoms with Gasteiger partial charge in [0.1, 0.15) is 4.88 Å². The lowest BCUT2D eigenvalue weighted by molar-refractivity contribution is 0.0703. The Morgan fingerprint density at radius 1 is 1.53 bits per heavy atom. The summed E-state index contributed by atoms with van der Waals surface area (Å²) in [6, 6.07) is 1.82. The van der Waals surface area contributed by atoms with Crippen molar-refractivity contribution < 1.29 is 9.90 Å². The second kappa shape index (κ2) is 3.51. The zero-order valence-electron chi connectivity index (χ0n) is 8.39. The van der Waals surface area contributed by atoms with Gasteiger partial charge in [0, 0.05) is 24.4 Å². The summed E-state index contributed by atoms with van der Waals surface area (Å²) in [6.45, 7) is 1.87. The van der Waals surface area contributed by atoms with Gasteiger partial charge in [0.25, 0.3) is 0 Å². The highest BCUT2D eigenvalue weighted by atomic mass is 32.1. The molecule has 2 rings (SSSR count). The van der Waals surface area contributed by atoms with Gasteiger partial charge in [-0.2, -0.15) is 5.10 Å². The zero-order valence-corrected chi connectivity index (χ0v) is 9.21. The van der Waals surface area contributed by atoms with Crippen LogP contribution >= 0.6 is 11.3 Å². The Balaban J connectivity index is 2.58. The van der Waals surface area contributed by atoms with Gasteiger partial charge in [-0.15, -0.1) is 11.3 Å². The molecule has 0 bridgehead atoms. The van der Waals surface area contributed by atoms with Crippen LogP contribution in [0.2, 0.25) is 0 Å². The lowest BCUT2D eigenvalue weighted by Gasteiger charge is -1.96. The molecule has 0 aliphatic rings. The molecule has 2 aromatic heterocycles. The molecular weight excluding hydrogens is 212 g/mol. The molecule has 0 aliphatic heterocycles. The first-order valence-electron chi connectivity index (χ1n) is 4.41. The average Bonchev–Trinajstić information content (AvgIpc) is 2.71. The van der Waals surface area contributed by atoms with Crippen LogP contribution in [0, 0.1) is 6.92 Å². The van der Waals surface area contributed by atoms with E-state index in [0.717, 1.165) is 16.8 Å². The summed E-state index contributed by atoms with van der Waals surface area (Å²) < 4.78 is 1.69. The quantitative estimate of drug-likeness (QED) is 0.847. The number of carboxylic acid groups (broad SMARTS) is 1. The maximum Gasteiger partial charge on any atom is 0.346 e. The first-order valence-corrected chi connectivity index (χ1v) is 5.29. The van der Waals surface area contributed by atoms with Gasteiger partial charge in [0.05, 0.1) is 5.69 Å². The Labute approximate surface area is 90.8 Å². The van der Waals surface area contributed by atoms with Gasteiger partial charge in [-0.3, -0.25) is 4.68 Å². The van der Waals surface area contributed by atoms with E-state index >= 15 is 0 Å². The van der Waals surface area contributed by atoms with Crippen molar-refractivity contribution in [2.24, 2.45) is 7.05 Å². The number of rotatable bonds is 2. The zero-order chi connectivity index (χ0) is 11.0. The minimum atomic E-state index is -0.886. The minimum Gasteiger partial charge on any atom is -0.477 e. The first-order chi connectivity index (χ1) is 7.09. The number of aromatic nitrogens is 2. The van der Waals surface area contributed by atoms with Crippen molar-refractivity contribution in [3.63, 3.8) is 0 Å². The molecule has 78 valence electrons. The molecule has 0 fully saturated rings. The van der Waals surface area contributed by atoms with E-state index < -0.39 is 5.97 Å². The molecule has 2 aromatic rings. The second-order valence-corrected chi connectivity index (χ2v) is 4.19. The van der Waals surface area contributed by atoms with Crippen molar-refractivity contribution in [1.82, 2.24) is 9.78 Å². The lowest BCUT2D eigenvalue weighted by atomic mass is 10.1. The molecule has 0 amide bonds. The predicted octanol–water partition coefficient (Wildman–Crippen LogP) is 2.16. The van der Waals surface area contributed by atoms with Crippen molar-refractivity contribution in [2.45, 2.75) is 6.92 Å². The summed E-state index contributed by atoms with van der Waals surface area (Å²) in [5.41, 5.74) is 2.48. The summed E-state index contributed by atoms with van der Waals surface area (Å²) in [6.07, 6.45) is 1.84. The minimum absolute atomic E-state index is 0.367. The standard InChI is InChI=1S/C10H10N2O2S/c1-6-8(5-12(2)11-6)7-3-4-15-9(7)10(13)14/h3-5H,1-2H3,(H,13,14). The number of hydrogen-bond acceptors (Lipinski definition) is 3. The van der Waals surface area contributed by atoms with Crippen molar-refractivity contribution in [2.75, 3.05) is 0 Å². The predicted molar refractivity (Wildman–Crippen MR) is 58.2 cm³/mol. The highest BCUT2D eigenvalue weighted by Crippen LogP contribution is 2.29. The maximum atomic E-state index is 11.0. The molecule has 2 heterocycles. The maximum absolute atomic E-state index is 11.0. The third-order valence-corrected chi connectivity index (χ3v) is 3.07. The van der Waals surface area contributed by atoms with Gasteiger partial charge >= 0.3 is 5.97 Å². The Bertz CT molecular complexity index is 513. The molecule has 0 saturated carbocycles. The fraction of sp³-hybridized carbons (Fsp3) is 0.200. The number of hydrogen-bond donors (Lipinski definition) is 1. The van der Waals surface area contributed by atoms with Gasteiger partial charge in [-0.1, -0.05) is 0 Å². The van der Waals surface area contributed by atoms with Crippen LogP contribution in [0.1, 0.15) is 15.4 Å². The van der Waals surface area contributed by atoms with E-state index in [2.05, 4.69) is 5.10 Å². The molecule has 4 nitrogen and oxygen atoms in total. The molecule has 1 N–H and O–H groups in total. The van der Waals surface area contributed by atoms with Gasteiger partial charge in [-0.05, 0) is 18.4 Å². The molecule has 0 radical (unpaired) electrons. The summed E-state index contributed by atoms with van der Waals surface area (Å²) in [5, 5.41) is 15.0. The van der Waals surface area contributed by atoms with Crippen LogP contribution in [0.5, 0.6) is 0 Å². The molecule has 0 aliphatic carbocycles. The normalized spacial score (nSPS) is 10.5. The van der Waals surface area contributed by atoms with Crippen molar-refractivity contribution in [3.8, 4) is 11.1 Å². The topological polar surface area (TPSA) is 55.1 Å². The third-order valence-electron chi connectivity index (χ3n) is 2.16. The van der Waals surface area contributed by atoms with E-state index in [1.807, 2.05) is 26.2 Å². The van der Waals surface area contributed by atoms with E-state index in [-0.39, 0.29) is 0 Å². The summed E-state index contributed by atoms with van der Waals surface area (Å²) in [7, 11) is 1.82. The summed E-state index contributed by atoms with van der Waals surface area (Å²) in [5.74, 6) is -0.886. The molecule has 0 saturated heterocycles. The Kier molecular flexibility index (Phi) is 2.32. The number of aromatic carboxylic acids is 1. The van der Waals surface area contributed by atoms with Gasteiger partial charge in [0.15, 0.2) is 0 Å². The number of thiophene rings is 1. The Hall–Kier alpha value is -1.62. The fourth-order valence-electron chi connectivity index (χ4n) is 1.55. The molecule has 0 unspecified atom stereocenters. The monoisotopic (exact) mass is 222 g/mol. The van der Waals surface area contributed by atoms with Gasteiger partial charge in [0.2, 0.25) is 0 Å². The van der Waals surface area contributed by atoms with Crippen LogP contribution in [0.25, 0.3) is 11.1 Å². The van der Waals surface area contributed by atoms with Crippen LogP contribution in [0.3, 0.4) is 0 Å². The van der Waals surface area contributed by atoms with E-state index in [0.29, 0.717) is 4.88 Å². The summed E-state index contributed by atoms with van der Waals surface area (Å²) in [4.78, 5) is 11.3. The molecule has 0 aromatic carbocycles. The van der Waals surface area contributed by atoms with Crippen LogP contribution in [-0.2, 0) is 7.05 Å². The van der Waals surface area contributed by atoms with Crippen LogP contribution in [0.4, 0.5) is 0 Å². The van der Waals surface area contributed by atoms with E-state index in [1.165, 1.54) is 11.3 Å². The van der Waals surface area contributed by atoms with Crippen molar-refractivity contribution in [1.29, 1.82) is 0 Å². The SMILES string of the molecule is Cc1nn(C)cc1-c1ccsc1C(=O)O. The highest BCUT2D eigenvalue weighted by Gasteiger charge is 2.16. The fourth-order valence-corrected chi connectivity index (χ4v) is 2.30. The summed E-state index contributed by atoms with van der Waals surface area (Å²) >= 11 is 1.23. The molecule has 15 heavy (non-hydrogen) atoms. The lowest BCUT2D eigenvalue weighted by Crippen LogP contribution is -1.94. The second-order valence-electron chi connectivity index (χ2n) is 3.27. The van der Waals surface area contributed by atoms with Crippen molar-refractivity contribution in [3.05, 3.63) is 28.2 Å². The molecule has 0 atom stereocenters. The number of aryl methyl sites for hydroxylation is 2. The van der Waals surface area contributed by atoms with E-state index in [4.69, 9.17) is 5.11 Å². The van der Waals surface area contributed by atoms with E-state index in [1.54, 1.807) is 10.1 Å². The third kappa shape index (κ3) is 1.66. The van der Waals surface area contributed by atoms with Gasteiger partial charge in [-0.25, -0.2) is 4.79 Å². The van der Waals surface area contributed by atoms with Gasteiger partial charge < -0.3 is 5.11 Å². The number of carbonyl (C=O) groups is 1. The average molecular weight is 222 g/mol. The largest absolute Gasteiger partial charge is 0.477 e.